The first-order chi connectivity index (χ1) is 9.22. The lowest BCUT2D eigenvalue weighted by molar-refractivity contribution is 0.0690. The van der Waals surface area contributed by atoms with E-state index in [0.717, 1.165) is 18.0 Å². The minimum absolute atomic E-state index is 0.0336. The molecule has 5 nitrogen and oxygen atoms in total. The number of nitrogens with zero attached hydrogens (tertiary/aromatic N) is 2. The molecule has 6 heteroatoms. The van der Waals surface area contributed by atoms with Crippen LogP contribution in [0.1, 0.15) is 33.9 Å². The number of rotatable bonds is 3. The highest BCUT2D eigenvalue weighted by Crippen LogP contribution is 2.31. The fourth-order valence-corrected chi connectivity index (χ4v) is 3.22. The van der Waals surface area contributed by atoms with E-state index in [0.29, 0.717) is 5.69 Å². The van der Waals surface area contributed by atoms with Gasteiger partial charge >= 0.3 is 5.97 Å². The van der Waals surface area contributed by atoms with E-state index in [2.05, 4.69) is 15.3 Å². The van der Waals surface area contributed by atoms with Gasteiger partial charge in [0.2, 0.25) is 0 Å². The number of aromatic carboxylic acids is 1. The molecule has 3 rings (SSSR count). The molecule has 2 N–H and O–H groups in total. The van der Waals surface area contributed by atoms with Gasteiger partial charge in [-0.3, -0.25) is 0 Å². The number of nitrogens with one attached hydrogen (secondary N) is 1. The number of anilines is 2. The quantitative estimate of drug-likeness (QED) is 0.901. The van der Waals surface area contributed by atoms with Gasteiger partial charge < -0.3 is 10.4 Å². The summed E-state index contributed by atoms with van der Waals surface area (Å²) in [6.45, 7) is 0. The number of aromatic nitrogens is 2. The molecular formula is C13H13N3O2S. The molecule has 0 spiro atoms. The number of carbonyl (C=O) groups is 1. The van der Waals surface area contributed by atoms with Crippen molar-refractivity contribution in [3.8, 4) is 0 Å². The van der Waals surface area contributed by atoms with Crippen molar-refractivity contribution < 1.29 is 9.90 Å². The molecule has 2 aromatic heterocycles. The molecule has 98 valence electrons. The van der Waals surface area contributed by atoms with Gasteiger partial charge in [-0.15, -0.1) is 11.3 Å². The molecule has 0 aliphatic heterocycles. The van der Waals surface area contributed by atoms with E-state index < -0.39 is 5.97 Å². The number of aryl methyl sites for hydroxylation is 2. The van der Waals surface area contributed by atoms with Gasteiger partial charge in [0.15, 0.2) is 5.13 Å². The molecule has 1 aliphatic rings. The molecule has 0 amide bonds. The largest absolute Gasteiger partial charge is 0.477 e. The highest BCUT2D eigenvalue weighted by atomic mass is 32.1. The van der Waals surface area contributed by atoms with Crippen LogP contribution in [0.15, 0.2) is 18.3 Å². The van der Waals surface area contributed by atoms with Crippen molar-refractivity contribution in [2.75, 3.05) is 5.32 Å². The molecule has 0 saturated carbocycles. The second-order valence-corrected chi connectivity index (χ2v) is 5.54. The first-order valence-electron chi connectivity index (χ1n) is 6.17. The smallest absolute Gasteiger partial charge is 0.354 e. The molecule has 0 atom stereocenters. The predicted octanol–water partition coefficient (Wildman–Crippen LogP) is 2.86. The van der Waals surface area contributed by atoms with E-state index >= 15 is 0 Å². The van der Waals surface area contributed by atoms with Gasteiger partial charge in [-0.2, -0.15) is 0 Å². The number of pyridine rings is 1. The van der Waals surface area contributed by atoms with Gasteiger partial charge in [0.25, 0.3) is 0 Å². The third kappa shape index (κ3) is 2.58. The van der Waals surface area contributed by atoms with Crippen LogP contribution in [0.3, 0.4) is 0 Å². The van der Waals surface area contributed by atoms with Crippen molar-refractivity contribution in [1.29, 1.82) is 0 Å². The van der Waals surface area contributed by atoms with Gasteiger partial charge in [0.1, 0.15) is 5.69 Å². The summed E-state index contributed by atoms with van der Waals surface area (Å²) in [7, 11) is 0. The monoisotopic (exact) mass is 275 g/mol. The number of fused-ring (bicyclic) bond motifs is 1. The number of hydrogen-bond donors (Lipinski definition) is 2. The second-order valence-electron chi connectivity index (χ2n) is 4.46. The molecule has 1 aliphatic carbocycles. The average molecular weight is 275 g/mol. The minimum atomic E-state index is -1.03. The molecular weight excluding hydrogens is 262 g/mol. The average Bonchev–Trinajstić information content (AvgIpc) is 2.81. The van der Waals surface area contributed by atoms with E-state index in [-0.39, 0.29) is 5.69 Å². The van der Waals surface area contributed by atoms with E-state index in [9.17, 15) is 4.79 Å². The van der Waals surface area contributed by atoms with E-state index in [1.165, 1.54) is 35.7 Å². The Morgan fingerprint density at radius 3 is 3.00 bits per heavy atom. The summed E-state index contributed by atoms with van der Waals surface area (Å²) in [4.78, 5) is 20.6. The lowest BCUT2D eigenvalue weighted by atomic mass is 10.0. The lowest BCUT2D eigenvalue weighted by Crippen LogP contribution is -2.01. The predicted molar refractivity (Wildman–Crippen MR) is 73.2 cm³/mol. The van der Waals surface area contributed by atoms with Crippen molar-refractivity contribution in [2.24, 2.45) is 0 Å². The van der Waals surface area contributed by atoms with E-state index in [4.69, 9.17) is 5.11 Å². The molecule has 0 aromatic carbocycles. The fourth-order valence-electron chi connectivity index (χ4n) is 2.15. The first-order valence-corrected chi connectivity index (χ1v) is 6.99. The summed E-state index contributed by atoms with van der Waals surface area (Å²) in [6, 6.07) is 3.26. The zero-order chi connectivity index (χ0) is 13.2. The maximum atomic E-state index is 10.9. The van der Waals surface area contributed by atoms with Crippen LogP contribution in [0.25, 0.3) is 0 Å². The Morgan fingerprint density at radius 1 is 1.37 bits per heavy atom. The Bertz CT molecular complexity index is 601. The maximum absolute atomic E-state index is 10.9. The zero-order valence-electron chi connectivity index (χ0n) is 10.2. The molecule has 0 fully saturated rings. The summed E-state index contributed by atoms with van der Waals surface area (Å²) in [5.41, 5.74) is 1.93. The number of carboxylic acid groups (broad SMARTS) is 1. The summed E-state index contributed by atoms with van der Waals surface area (Å²) < 4.78 is 0. The van der Waals surface area contributed by atoms with Crippen molar-refractivity contribution in [3.63, 3.8) is 0 Å². The van der Waals surface area contributed by atoms with Crippen LogP contribution in [0.4, 0.5) is 10.8 Å². The Hall–Kier alpha value is -1.95. The van der Waals surface area contributed by atoms with Crippen molar-refractivity contribution in [2.45, 2.75) is 25.7 Å². The number of hydrogen-bond acceptors (Lipinski definition) is 5. The SMILES string of the molecule is O=C(O)c1cc(Nc2nc3c(s2)CCCC3)ccn1. The second kappa shape index (κ2) is 4.97. The molecule has 0 unspecified atom stereocenters. The Labute approximate surface area is 114 Å². The molecule has 2 aromatic rings. The number of thiazole rings is 1. The molecule has 19 heavy (non-hydrogen) atoms. The topological polar surface area (TPSA) is 75.1 Å². The van der Waals surface area contributed by atoms with E-state index in [1.54, 1.807) is 17.4 Å². The Balaban J connectivity index is 1.83. The molecule has 0 bridgehead atoms. The summed E-state index contributed by atoms with van der Waals surface area (Å²) in [6.07, 6.45) is 6.07. The first kappa shape index (κ1) is 12.1. The molecule has 2 heterocycles. The van der Waals surface area contributed by atoms with Crippen LogP contribution in [-0.2, 0) is 12.8 Å². The summed E-state index contributed by atoms with van der Waals surface area (Å²) in [5, 5.41) is 12.9. The summed E-state index contributed by atoms with van der Waals surface area (Å²) in [5.74, 6) is -1.03. The van der Waals surface area contributed by atoms with Crippen LogP contribution < -0.4 is 5.32 Å². The van der Waals surface area contributed by atoms with Gasteiger partial charge in [0, 0.05) is 16.8 Å². The van der Waals surface area contributed by atoms with Crippen molar-refractivity contribution >= 4 is 28.1 Å². The van der Waals surface area contributed by atoms with E-state index in [1.807, 2.05) is 0 Å². The normalized spacial score (nSPS) is 13.9. The Morgan fingerprint density at radius 2 is 2.21 bits per heavy atom. The third-order valence-electron chi connectivity index (χ3n) is 3.08. The third-order valence-corrected chi connectivity index (χ3v) is 4.15. The van der Waals surface area contributed by atoms with Gasteiger partial charge in [-0.25, -0.2) is 14.8 Å². The highest BCUT2D eigenvalue weighted by Gasteiger charge is 2.15. The van der Waals surface area contributed by atoms with Crippen LogP contribution in [-0.4, -0.2) is 21.0 Å². The van der Waals surface area contributed by atoms with Crippen molar-refractivity contribution in [1.82, 2.24) is 9.97 Å². The minimum Gasteiger partial charge on any atom is -0.477 e. The van der Waals surface area contributed by atoms with Crippen LogP contribution in [0.2, 0.25) is 0 Å². The molecule has 0 saturated heterocycles. The number of carboxylic acids is 1. The van der Waals surface area contributed by atoms with Crippen LogP contribution >= 0.6 is 11.3 Å². The fraction of sp³-hybridized carbons (Fsp3) is 0.308. The zero-order valence-corrected chi connectivity index (χ0v) is 11.0. The standard InChI is InChI=1S/C13H13N3O2S/c17-12(18)10-7-8(5-6-14-10)15-13-16-9-3-1-2-4-11(9)19-13/h5-7H,1-4H2,(H,17,18)(H,14,15,16). The highest BCUT2D eigenvalue weighted by molar-refractivity contribution is 7.15. The Kier molecular flexibility index (Phi) is 3.16. The van der Waals surface area contributed by atoms with Gasteiger partial charge in [-0.1, -0.05) is 0 Å². The van der Waals surface area contributed by atoms with Crippen LogP contribution in [0.5, 0.6) is 0 Å². The van der Waals surface area contributed by atoms with Gasteiger partial charge in [-0.05, 0) is 37.8 Å². The van der Waals surface area contributed by atoms with Crippen molar-refractivity contribution in [3.05, 3.63) is 34.6 Å². The van der Waals surface area contributed by atoms with Crippen LogP contribution in [0, 0.1) is 0 Å². The lowest BCUT2D eigenvalue weighted by Gasteiger charge is -2.06. The maximum Gasteiger partial charge on any atom is 0.354 e. The summed E-state index contributed by atoms with van der Waals surface area (Å²) >= 11 is 1.65. The van der Waals surface area contributed by atoms with Gasteiger partial charge in [0.05, 0.1) is 5.69 Å². The molecule has 0 radical (unpaired) electrons.